The van der Waals surface area contributed by atoms with Crippen molar-refractivity contribution in [1.29, 1.82) is 0 Å². The summed E-state index contributed by atoms with van der Waals surface area (Å²) in [6.07, 6.45) is 1.78. The minimum absolute atomic E-state index is 0.150. The summed E-state index contributed by atoms with van der Waals surface area (Å²) in [6, 6.07) is 1.26. The Labute approximate surface area is 121 Å². The summed E-state index contributed by atoms with van der Waals surface area (Å²) in [4.78, 5) is 37.3. The zero-order chi connectivity index (χ0) is 15.8. The van der Waals surface area contributed by atoms with Gasteiger partial charge in [0, 0.05) is 19.7 Å². The number of aromatic nitrogens is 1. The molecule has 0 aromatic carbocycles. The van der Waals surface area contributed by atoms with E-state index in [4.69, 9.17) is 0 Å². The predicted octanol–water partition coefficient (Wildman–Crippen LogP) is 0.287. The van der Waals surface area contributed by atoms with Gasteiger partial charge in [-0.3, -0.25) is 19.7 Å². The molecule has 9 nitrogen and oxygen atoms in total. The Morgan fingerprint density at radius 3 is 2.67 bits per heavy atom. The van der Waals surface area contributed by atoms with E-state index in [2.05, 4.69) is 20.9 Å². The third-order valence-corrected chi connectivity index (χ3v) is 2.56. The second-order valence-electron chi connectivity index (χ2n) is 4.13. The SMILES string of the molecule is CCCNC(=O)CNC(=O)c1cc(NC)ncc1[N+](=O)[O-]. The largest absolute Gasteiger partial charge is 0.373 e. The van der Waals surface area contributed by atoms with E-state index in [1.165, 1.54) is 6.07 Å². The first-order chi connectivity index (χ1) is 9.99. The number of nitrogens with zero attached hydrogens (tertiary/aromatic N) is 2. The van der Waals surface area contributed by atoms with Crippen LogP contribution in [0.5, 0.6) is 0 Å². The molecule has 114 valence electrons. The number of nitrogens with one attached hydrogen (secondary N) is 3. The molecule has 9 heteroatoms. The molecule has 0 unspecified atom stereocenters. The fraction of sp³-hybridized carbons (Fsp3) is 0.417. The lowest BCUT2D eigenvalue weighted by atomic mass is 10.2. The van der Waals surface area contributed by atoms with Crippen LogP contribution in [0.15, 0.2) is 12.3 Å². The smallest absolute Gasteiger partial charge is 0.300 e. The van der Waals surface area contributed by atoms with E-state index in [0.717, 1.165) is 12.6 Å². The number of hydrogen-bond acceptors (Lipinski definition) is 6. The van der Waals surface area contributed by atoms with E-state index in [1.54, 1.807) is 7.05 Å². The van der Waals surface area contributed by atoms with Crippen molar-refractivity contribution in [2.75, 3.05) is 25.5 Å². The monoisotopic (exact) mass is 295 g/mol. The highest BCUT2D eigenvalue weighted by atomic mass is 16.6. The van der Waals surface area contributed by atoms with Gasteiger partial charge in [0.1, 0.15) is 17.6 Å². The first-order valence-electron chi connectivity index (χ1n) is 6.36. The Balaban J connectivity index is 2.81. The zero-order valence-electron chi connectivity index (χ0n) is 11.8. The van der Waals surface area contributed by atoms with Gasteiger partial charge in [-0.1, -0.05) is 6.92 Å². The molecule has 1 aromatic rings. The maximum atomic E-state index is 12.0. The van der Waals surface area contributed by atoms with Crippen LogP contribution in [0.2, 0.25) is 0 Å². The molecule has 0 aliphatic heterocycles. The highest BCUT2D eigenvalue weighted by Crippen LogP contribution is 2.19. The lowest BCUT2D eigenvalue weighted by molar-refractivity contribution is -0.385. The number of carbonyl (C=O) groups excluding carboxylic acids is 2. The molecule has 0 saturated carbocycles. The molecule has 0 atom stereocenters. The average Bonchev–Trinajstić information content (AvgIpc) is 2.49. The Hall–Kier alpha value is -2.71. The van der Waals surface area contributed by atoms with Gasteiger partial charge in [-0.25, -0.2) is 4.98 Å². The van der Waals surface area contributed by atoms with Crippen LogP contribution < -0.4 is 16.0 Å². The summed E-state index contributed by atoms with van der Waals surface area (Å²) < 4.78 is 0. The van der Waals surface area contributed by atoms with Crippen molar-refractivity contribution in [3.8, 4) is 0 Å². The van der Waals surface area contributed by atoms with E-state index in [-0.39, 0.29) is 18.0 Å². The molecule has 0 radical (unpaired) electrons. The van der Waals surface area contributed by atoms with Crippen molar-refractivity contribution in [1.82, 2.24) is 15.6 Å². The molecule has 21 heavy (non-hydrogen) atoms. The number of carbonyl (C=O) groups is 2. The van der Waals surface area contributed by atoms with Crippen LogP contribution in [0.3, 0.4) is 0 Å². The molecule has 2 amide bonds. The maximum absolute atomic E-state index is 12.0. The minimum atomic E-state index is -0.702. The summed E-state index contributed by atoms with van der Waals surface area (Å²) >= 11 is 0. The van der Waals surface area contributed by atoms with Crippen molar-refractivity contribution in [2.24, 2.45) is 0 Å². The number of hydrogen-bond donors (Lipinski definition) is 3. The van der Waals surface area contributed by atoms with E-state index in [9.17, 15) is 19.7 Å². The standard InChI is InChI=1S/C12H17N5O4/c1-3-4-14-11(18)7-16-12(19)8-5-10(13-2)15-6-9(8)17(20)21/h5-6H,3-4,7H2,1-2H3,(H,13,15)(H,14,18)(H,16,19). The van der Waals surface area contributed by atoms with Crippen LogP contribution in [-0.2, 0) is 4.79 Å². The van der Waals surface area contributed by atoms with Crippen LogP contribution in [-0.4, -0.2) is 41.9 Å². The second kappa shape index (κ2) is 7.78. The van der Waals surface area contributed by atoms with Crippen LogP contribution in [0.1, 0.15) is 23.7 Å². The molecule has 1 aromatic heterocycles. The van der Waals surface area contributed by atoms with Gasteiger partial charge >= 0.3 is 0 Å². The van der Waals surface area contributed by atoms with E-state index >= 15 is 0 Å². The topological polar surface area (TPSA) is 126 Å². The fourth-order valence-electron chi connectivity index (χ4n) is 1.49. The third kappa shape index (κ3) is 4.71. The molecule has 0 aliphatic rings. The lowest BCUT2D eigenvalue weighted by Crippen LogP contribution is -2.37. The molecule has 0 bridgehead atoms. The van der Waals surface area contributed by atoms with Crippen molar-refractivity contribution in [3.63, 3.8) is 0 Å². The summed E-state index contributed by atoms with van der Waals surface area (Å²) in [5, 5.41) is 18.5. The molecular formula is C12H17N5O4. The molecule has 0 spiro atoms. The quantitative estimate of drug-likeness (QED) is 0.490. The summed E-state index contributed by atoms with van der Waals surface area (Å²) in [5.41, 5.74) is -0.567. The van der Waals surface area contributed by atoms with E-state index in [0.29, 0.717) is 12.4 Å². The Bertz CT molecular complexity index is 546. The molecule has 1 heterocycles. The molecular weight excluding hydrogens is 278 g/mol. The molecule has 0 saturated heterocycles. The van der Waals surface area contributed by atoms with E-state index < -0.39 is 16.5 Å². The normalized spacial score (nSPS) is 9.81. The number of amides is 2. The number of rotatable bonds is 7. The van der Waals surface area contributed by atoms with Crippen LogP contribution in [0, 0.1) is 10.1 Å². The van der Waals surface area contributed by atoms with Crippen molar-refractivity contribution in [3.05, 3.63) is 27.9 Å². The molecule has 3 N–H and O–H groups in total. The highest BCUT2D eigenvalue weighted by Gasteiger charge is 2.21. The third-order valence-electron chi connectivity index (χ3n) is 2.56. The number of pyridine rings is 1. The van der Waals surface area contributed by atoms with Crippen LogP contribution >= 0.6 is 0 Å². The summed E-state index contributed by atoms with van der Waals surface area (Å²) in [6.45, 7) is 2.17. The Kier molecular flexibility index (Phi) is 6.05. The maximum Gasteiger partial charge on any atom is 0.300 e. The fourth-order valence-corrected chi connectivity index (χ4v) is 1.49. The van der Waals surface area contributed by atoms with E-state index in [1.807, 2.05) is 6.92 Å². The first kappa shape index (κ1) is 16.3. The van der Waals surface area contributed by atoms with Gasteiger partial charge in [0.15, 0.2) is 0 Å². The van der Waals surface area contributed by atoms with Gasteiger partial charge in [-0.15, -0.1) is 0 Å². The number of anilines is 1. The van der Waals surface area contributed by atoms with Gasteiger partial charge in [-0.05, 0) is 6.42 Å². The average molecular weight is 295 g/mol. The lowest BCUT2D eigenvalue weighted by Gasteiger charge is -2.07. The first-order valence-corrected chi connectivity index (χ1v) is 6.36. The van der Waals surface area contributed by atoms with Gasteiger partial charge in [0.2, 0.25) is 5.91 Å². The highest BCUT2D eigenvalue weighted by molar-refractivity contribution is 6.00. The molecule has 0 aliphatic carbocycles. The van der Waals surface area contributed by atoms with Crippen LogP contribution in [0.4, 0.5) is 11.5 Å². The van der Waals surface area contributed by atoms with Crippen molar-refractivity contribution >= 4 is 23.3 Å². The molecule has 0 fully saturated rings. The Morgan fingerprint density at radius 1 is 1.38 bits per heavy atom. The van der Waals surface area contributed by atoms with Gasteiger partial charge in [0.05, 0.1) is 11.5 Å². The summed E-state index contributed by atoms with van der Waals surface area (Å²) in [7, 11) is 1.58. The minimum Gasteiger partial charge on any atom is -0.373 e. The molecule has 1 rings (SSSR count). The predicted molar refractivity (Wildman–Crippen MR) is 76.1 cm³/mol. The van der Waals surface area contributed by atoms with Crippen LogP contribution in [0.25, 0.3) is 0 Å². The zero-order valence-corrected chi connectivity index (χ0v) is 11.8. The summed E-state index contributed by atoms with van der Waals surface area (Å²) in [5.74, 6) is -0.732. The van der Waals surface area contributed by atoms with Gasteiger partial charge in [-0.2, -0.15) is 0 Å². The van der Waals surface area contributed by atoms with Crippen molar-refractivity contribution < 1.29 is 14.5 Å². The number of nitro groups is 1. The van der Waals surface area contributed by atoms with Gasteiger partial charge in [0.25, 0.3) is 11.6 Å². The van der Waals surface area contributed by atoms with Crippen molar-refractivity contribution in [2.45, 2.75) is 13.3 Å². The second-order valence-corrected chi connectivity index (χ2v) is 4.13. The Morgan fingerprint density at radius 2 is 2.10 bits per heavy atom. The van der Waals surface area contributed by atoms with Gasteiger partial charge < -0.3 is 16.0 Å².